The van der Waals surface area contributed by atoms with Gasteiger partial charge in [-0.15, -0.1) is 0 Å². The summed E-state index contributed by atoms with van der Waals surface area (Å²) in [7, 11) is 1.59. The Morgan fingerprint density at radius 1 is 1.21 bits per heavy atom. The molecule has 0 saturated carbocycles. The Hall–Kier alpha value is -1.39. The first-order chi connectivity index (χ1) is 8.96. The van der Waals surface area contributed by atoms with Crippen molar-refractivity contribution in [1.82, 2.24) is 0 Å². The van der Waals surface area contributed by atoms with Gasteiger partial charge in [-0.1, -0.05) is 24.3 Å². The highest BCUT2D eigenvalue weighted by atomic mass is 79.9. The van der Waals surface area contributed by atoms with E-state index >= 15 is 0 Å². The van der Waals surface area contributed by atoms with Gasteiger partial charge in [-0.3, -0.25) is 0 Å². The summed E-state index contributed by atoms with van der Waals surface area (Å²) in [6, 6.07) is 12.5. The highest BCUT2D eigenvalue weighted by Crippen LogP contribution is 2.32. The van der Waals surface area contributed by atoms with Gasteiger partial charge in [-0.25, -0.2) is 4.39 Å². The standard InChI is InChI=1S/C15H15BrFNO/c1-15(18,10-5-3-6-11(9-10)19-2)12-7-4-8-13(16)14(12)17/h3-9H,18H2,1-2H3. The van der Waals surface area contributed by atoms with Crippen LogP contribution in [0, 0.1) is 5.82 Å². The maximum atomic E-state index is 14.2. The summed E-state index contributed by atoms with van der Waals surface area (Å²) in [5, 5.41) is 0. The number of nitrogens with two attached hydrogens (primary N) is 1. The average Bonchev–Trinajstić information content (AvgIpc) is 2.41. The van der Waals surface area contributed by atoms with Gasteiger partial charge in [0.25, 0.3) is 0 Å². The van der Waals surface area contributed by atoms with Gasteiger partial charge in [0.1, 0.15) is 11.6 Å². The molecule has 0 radical (unpaired) electrons. The molecule has 4 heteroatoms. The molecule has 0 fully saturated rings. The van der Waals surface area contributed by atoms with Crippen molar-refractivity contribution in [2.45, 2.75) is 12.5 Å². The third-order valence-corrected chi connectivity index (χ3v) is 3.79. The molecule has 0 aromatic heterocycles. The van der Waals surface area contributed by atoms with Crippen molar-refractivity contribution in [3.63, 3.8) is 0 Å². The quantitative estimate of drug-likeness (QED) is 0.931. The second-order valence-electron chi connectivity index (χ2n) is 4.54. The smallest absolute Gasteiger partial charge is 0.142 e. The topological polar surface area (TPSA) is 35.2 Å². The largest absolute Gasteiger partial charge is 0.497 e. The van der Waals surface area contributed by atoms with Crippen molar-refractivity contribution >= 4 is 15.9 Å². The van der Waals surface area contributed by atoms with E-state index in [2.05, 4.69) is 15.9 Å². The van der Waals surface area contributed by atoms with Crippen LogP contribution in [0.15, 0.2) is 46.9 Å². The number of methoxy groups -OCH3 is 1. The molecule has 0 amide bonds. The van der Waals surface area contributed by atoms with E-state index in [0.29, 0.717) is 15.8 Å². The number of rotatable bonds is 3. The molecule has 2 nitrogen and oxygen atoms in total. The van der Waals surface area contributed by atoms with E-state index < -0.39 is 5.54 Å². The summed E-state index contributed by atoms with van der Waals surface area (Å²) in [5.74, 6) is 0.361. The van der Waals surface area contributed by atoms with Crippen molar-refractivity contribution in [2.24, 2.45) is 5.73 Å². The number of halogens is 2. The summed E-state index contributed by atoms with van der Waals surface area (Å²) in [6.45, 7) is 1.78. The minimum Gasteiger partial charge on any atom is -0.497 e. The predicted molar refractivity (Wildman–Crippen MR) is 77.7 cm³/mol. The monoisotopic (exact) mass is 323 g/mol. The van der Waals surface area contributed by atoms with Crippen molar-refractivity contribution in [3.8, 4) is 5.75 Å². The number of benzene rings is 2. The Morgan fingerprint density at radius 3 is 2.58 bits per heavy atom. The Bertz CT molecular complexity index is 598. The van der Waals surface area contributed by atoms with Gasteiger partial charge < -0.3 is 10.5 Å². The summed E-state index contributed by atoms with van der Waals surface area (Å²) in [6.07, 6.45) is 0. The van der Waals surface area contributed by atoms with Crippen LogP contribution in [0.2, 0.25) is 0 Å². The second-order valence-corrected chi connectivity index (χ2v) is 5.39. The summed E-state index contributed by atoms with van der Waals surface area (Å²) < 4.78 is 19.8. The average molecular weight is 324 g/mol. The van der Waals surface area contributed by atoms with Gasteiger partial charge in [-0.05, 0) is 46.6 Å². The van der Waals surface area contributed by atoms with E-state index in [0.717, 1.165) is 5.56 Å². The first-order valence-corrected chi connectivity index (χ1v) is 6.64. The highest BCUT2D eigenvalue weighted by Gasteiger charge is 2.28. The maximum absolute atomic E-state index is 14.2. The van der Waals surface area contributed by atoms with Crippen LogP contribution in [0.3, 0.4) is 0 Å². The fourth-order valence-electron chi connectivity index (χ4n) is 2.01. The van der Waals surface area contributed by atoms with Gasteiger partial charge in [0, 0.05) is 5.56 Å². The van der Waals surface area contributed by atoms with E-state index in [1.54, 1.807) is 32.2 Å². The molecule has 0 aliphatic rings. The Morgan fingerprint density at radius 2 is 1.89 bits per heavy atom. The molecule has 100 valence electrons. The van der Waals surface area contributed by atoms with E-state index in [1.807, 2.05) is 24.3 Å². The van der Waals surface area contributed by atoms with E-state index in [9.17, 15) is 4.39 Å². The first-order valence-electron chi connectivity index (χ1n) is 5.84. The summed E-state index contributed by atoms with van der Waals surface area (Å²) in [4.78, 5) is 0. The molecular weight excluding hydrogens is 309 g/mol. The minimum absolute atomic E-state index is 0.338. The van der Waals surface area contributed by atoms with Crippen LogP contribution in [-0.2, 0) is 5.54 Å². The molecule has 0 heterocycles. The van der Waals surface area contributed by atoms with E-state index in [1.165, 1.54) is 0 Å². The Kier molecular flexibility index (Phi) is 3.92. The van der Waals surface area contributed by atoms with Crippen LogP contribution in [0.25, 0.3) is 0 Å². The summed E-state index contributed by atoms with van der Waals surface area (Å²) >= 11 is 3.18. The van der Waals surface area contributed by atoms with Gasteiger partial charge in [0.15, 0.2) is 0 Å². The van der Waals surface area contributed by atoms with Crippen LogP contribution in [0.4, 0.5) is 4.39 Å². The molecular formula is C15H15BrFNO. The normalized spacial score (nSPS) is 13.9. The van der Waals surface area contributed by atoms with Gasteiger partial charge in [0.2, 0.25) is 0 Å². The summed E-state index contributed by atoms with van der Waals surface area (Å²) in [5.41, 5.74) is 6.64. The second kappa shape index (κ2) is 5.31. The van der Waals surface area contributed by atoms with Crippen LogP contribution in [0.1, 0.15) is 18.1 Å². The third kappa shape index (κ3) is 2.65. The molecule has 0 saturated heterocycles. The van der Waals surface area contributed by atoms with Crippen LogP contribution in [0.5, 0.6) is 5.75 Å². The molecule has 1 unspecified atom stereocenters. The van der Waals surface area contributed by atoms with Crippen molar-refractivity contribution in [1.29, 1.82) is 0 Å². The van der Waals surface area contributed by atoms with Crippen molar-refractivity contribution in [2.75, 3.05) is 7.11 Å². The predicted octanol–water partition coefficient (Wildman–Crippen LogP) is 3.82. The van der Waals surface area contributed by atoms with Crippen LogP contribution in [-0.4, -0.2) is 7.11 Å². The number of hydrogen-bond donors (Lipinski definition) is 1. The van der Waals surface area contributed by atoms with Crippen LogP contribution >= 0.6 is 15.9 Å². The fourth-order valence-corrected chi connectivity index (χ4v) is 2.37. The lowest BCUT2D eigenvalue weighted by Gasteiger charge is -2.27. The molecule has 2 rings (SSSR count). The zero-order valence-electron chi connectivity index (χ0n) is 10.8. The fraction of sp³-hybridized carbons (Fsp3) is 0.200. The zero-order valence-corrected chi connectivity index (χ0v) is 12.4. The maximum Gasteiger partial charge on any atom is 0.142 e. The number of hydrogen-bond acceptors (Lipinski definition) is 2. The van der Waals surface area contributed by atoms with Crippen molar-refractivity contribution in [3.05, 3.63) is 63.9 Å². The lowest BCUT2D eigenvalue weighted by atomic mass is 9.85. The van der Waals surface area contributed by atoms with Crippen molar-refractivity contribution < 1.29 is 9.13 Å². The molecule has 0 aliphatic heterocycles. The van der Waals surface area contributed by atoms with Gasteiger partial charge >= 0.3 is 0 Å². The van der Waals surface area contributed by atoms with Gasteiger partial charge in [0.05, 0.1) is 17.1 Å². The molecule has 2 aromatic carbocycles. The molecule has 2 N–H and O–H groups in total. The molecule has 0 aliphatic carbocycles. The SMILES string of the molecule is COc1cccc(C(C)(N)c2cccc(Br)c2F)c1. The third-order valence-electron chi connectivity index (χ3n) is 3.18. The van der Waals surface area contributed by atoms with Gasteiger partial charge in [-0.2, -0.15) is 0 Å². The van der Waals surface area contributed by atoms with E-state index in [-0.39, 0.29) is 5.82 Å². The molecule has 19 heavy (non-hydrogen) atoms. The highest BCUT2D eigenvalue weighted by molar-refractivity contribution is 9.10. The molecule has 0 bridgehead atoms. The molecule has 2 aromatic rings. The molecule has 0 spiro atoms. The minimum atomic E-state index is -0.928. The Balaban J connectivity index is 2.54. The lowest BCUT2D eigenvalue weighted by molar-refractivity contribution is 0.412. The first kappa shape index (κ1) is 14.0. The lowest BCUT2D eigenvalue weighted by Crippen LogP contribution is -2.35. The molecule has 1 atom stereocenters. The van der Waals surface area contributed by atoms with Crippen LogP contribution < -0.4 is 10.5 Å². The Labute approximate surface area is 120 Å². The van der Waals surface area contributed by atoms with E-state index in [4.69, 9.17) is 10.5 Å². The zero-order chi connectivity index (χ0) is 14.0. The number of ether oxygens (including phenoxy) is 1.